The minimum Gasteiger partial charge on any atom is -0.308 e. The van der Waals surface area contributed by atoms with Crippen LogP contribution >= 0.6 is 11.3 Å². The van der Waals surface area contributed by atoms with E-state index < -0.39 is 0 Å². The van der Waals surface area contributed by atoms with Crippen LogP contribution in [0.1, 0.15) is 16.1 Å². The molecule has 0 aliphatic heterocycles. The molecule has 26 heavy (non-hydrogen) atoms. The topological polar surface area (TPSA) is 64.7 Å². The van der Waals surface area contributed by atoms with Crippen LogP contribution in [-0.4, -0.2) is 25.2 Å². The predicted molar refractivity (Wildman–Crippen MR) is 97.7 cm³/mol. The first-order chi connectivity index (χ1) is 12.6. The van der Waals surface area contributed by atoms with Crippen molar-refractivity contribution in [3.05, 3.63) is 77.4 Å². The summed E-state index contributed by atoms with van der Waals surface area (Å²) >= 11 is 1.34. The molecule has 0 aliphatic rings. The van der Waals surface area contributed by atoms with Crippen LogP contribution in [-0.2, 0) is 0 Å². The van der Waals surface area contributed by atoms with Gasteiger partial charge in [-0.2, -0.15) is 5.10 Å². The van der Waals surface area contributed by atoms with Crippen molar-refractivity contribution in [3.63, 3.8) is 0 Å². The van der Waals surface area contributed by atoms with Gasteiger partial charge in [0, 0.05) is 24.0 Å². The van der Waals surface area contributed by atoms with Gasteiger partial charge in [0.05, 0.1) is 11.4 Å². The Labute approximate surface area is 152 Å². The smallest absolute Gasteiger partial charge is 0.263 e. The number of anilines is 1. The normalized spacial score (nSPS) is 10.8. The number of aryl methyl sites for hydroxylation is 1. The molecule has 0 aliphatic carbocycles. The molecule has 4 rings (SSSR count). The SMILES string of the molecule is Cc1nn(-c2ccc(F)cc2)c(-n2cccc2)c1C(=O)Nc1nccs1. The van der Waals surface area contributed by atoms with E-state index in [0.717, 1.165) is 0 Å². The van der Waals surface area contributed by atoms with Gasteiger partial charge in [-0.05, 0) is 43.3 Å². The molecule has 8 heteroatoms. The average molecular weight is 367 g/mol. The van der Waals surface area contributed by atoms with E-state index >= 15 is 0 Å². The lowest BCUT2D eigenvalue weighted by Gasteiger charge is -2.11. The highest BCUT2D eigenvalue weighted by Crippen LogP contribution is 2.24. The minimum absolute atomic E-state index is 0.297. The lowest BCUT2D eigenvalue weighted by atomic mass is 10.2. The predicted octanol–water partition coefficient (Wildman–Crippen LogP) is 3.82. The molecule has 0 saturated carbocycles. The van der Waals surface area contributed by atoms with E-state index in [4.69, 9.17) is 0 Å². The summed E-state index contributed by atoms with van der Waals surface area (Å²) in [5.74, 6) is -0.0513. The van der Waals surface area contributed by atoms with E-state index in [0.29, 0.717) is 27.9 Å². The Bertz CT molecular complexity index is 1040. The van der Waals surface area contributed by atoms with Crippen LogP contribution in [0.5, 0.6) is 0 Å². The number of carbonyl (C=O) groups is 1. The number of thiazole rings is 1. The van der Waals surface area contributed by atoms with Crippen molar-refractivity contribution in [1.82, 2.24) is 19.3 Å². The fraction of sp³-hybridized carbons (Fsp3) is 0.0556. The van der Waals surface area contributed by atoms with E-state index in [1.807, 2.05) is 24.5 Å². The number of halogens is 1. The molecule has 0 bridgehead atoms. The summed E-state index contributed by atoms with van der Waals surface area (Å²) in [6.45, 7) is 1.77. The van der Waals surface area contributed by atoms with Crippen molar-refractivity contribution < 1.29 is 9.18 Å². The van der Waals surface area contributed by atoms with Crippen molar-refractivity contribution in [2.45, 2.75) is 6.92 Å². The van der Waals surface area contributed by atoms with Crippen LogP contribution in [0.3, 0.4) is 0 Å². The first-order valence-corrected chi connectivity index (χ1v) is 8.71. The molecule has 0 spiro atoms. The maximum atomic E-state index is 13.3. The van der Waals surface area contributed by atoms with Gasteiger partial charge in [-0.3, -0.25) is 10.1 Å². The van der Waals surface area contributed by atoms with Crippen LogP contribution in [0.25, 0.3) is 11.5 Å². The average Bonchev–Trinajstić information content (AvgIpc) is 3.35. The number of hydrogen-bond donors (Lipinski definition) is 1. The van der Waals surface area contributed by atoms with E-state index in [1.165, 1.54) is 23.5 Å². The maximum Gasteiger partial charge on any atom is 0.263 e. The summed E-state index contributed by atoms with van der Waals surface area (Å²) < 4.78 is 16.7. The van der Waals surface area contributed by atoms with Crippen molar-refractivity contribution in [2.24, 2.45) is 0 Å². The van der Waals surface area contributed by atoms with E-state index in [-0.39, 0.29) is 11.7 Å². The molecule has 1 N–H and O–H groups in total. The van der Waals surface area contributed by atoms with Crippen molar-refractivity contribution >= 4 is 22.4 Å². The van der Waals surface area contributed by atoms with Crippen LogP contribution in [0.15, 0.2) is 60.4 Å². The highest BCUT2D eigenvalue weighted by Gasteiger charge is 2.24. The number of carbonyl (C=O) groups excluding carboxylic acids is 1. The monoisotopic (exact) mass is 367 g/mol. The second-order valence-corrected chi connectivity index (χ2v) is 6.45. The summed E-state index contributed by atoms with van der Waals surface area (Å²) in [5, 5.41) is 9.61. The molecule has 0 atom stereocenters. The second kappa shape index (κ2) is 6.57. The van der Waals surface area contributed by atoms with Gasteiger partial charge in [0.15, 0.2) is 10.9 Å². The Balaban J connectivity index is 1.86. The van der Waals surface area contributed by atoms with E-state index in [2.05, 4.69) is 15.4 Å². The molecule has 1 aromatic carbocycles. The fourth-order valence-electron chi connectivity index (χ4n) is 2.70. The van der Waals surface area contributed by atoms with Crippen LogP contribution in [0, 0.1) is 12.7 Å². The van der Waals surface area contributed by atoms with Gasteiger partial charge >= 0.3 is 0 Å². The van der Waals surface area contributed by atoms with Crippen molar-refractivity contribution in [2.75, 3.05) is 5.32 Å². The third kappa shape index (κ3) is 2.91. The molecule has 0 unspecified atom stereocenters. The molecule has 0 fully saturated rings. The summed E-state index contributed by atoms with van der Waals surface area (Å²) in [7, 11) is 0. The van der Waals surface area contributed by atoms with Gasteiger partial charge in [0.25, 0.3) is 5.91 Å². The Morgan fingerprint density at radius 2 is 1.92 bits per heavy atom. The summed E-state index contributed by atoms with van der Waals surface area (Å²) in [6, 6.07) is 9.69. The fourth-order valence-corrected chi connectivity index (χ4v) is 3.23. The molecule has 1 amide bonds. The quantitative estimate of drug-likeness (QED) is 0.596. The first kappa shape index (κ1) is 16.2. The van der Waals surface area contributed by atoms with Crippen LogP contribution in [0.2, 0.25) is 0 Å². The molecule has 0 radical (unpaired) electrons. The molecule has 3 heterocycles. The molecule has 4 aromatic rings. The third-order valence-electron chi connectivity index (χ3n) is 3.84. The van der Waals surface area contributed by atoms with Crippen molar-refractivity contribution in [3.8, 4) is 11.5 Å². The Morgan fingerprint density at radius 1 is 1.19 bits per heavy atom. The number of hydrogen-bond acceptors (Lipinski definition) is 4. The molecular weight excluding hydrogens is 353 g/mol. The molecule has 130 valence electrons. The lowest BCUT2D eigenvalue weighted by molar-refractivity contribution is 0.102. The number of benzene rings is 1. The zero-order valence-corrected chi connectivity index (χ0v) is 14.6. The lowest BCUT2D eigenvalue weighted by Crippen LogP contribution is -2.16. The Morgan fingerprint density at radius 3 is 2.58 bits per heavy atom. The standard InChI is InChI=1S/C18H14FN5OS/c1-12-15(16(25)21-18-20-8-11-26-18)17(23-9-2-3-10-23)24(22-12)14-6-4-13(19)5-7-14/h2-11H,1H3,(H,20,21,25). The third-order valence-corrected chi connectivity index (χ3v) is 4.52. The van der Waals surface area contributed by atoms with Gasteiger partial charge in [0.1, 0.15) is 11.4 Å². The minimum atomic E-state index is -0.332. The zero-order chi connectivity index (χ0) is 18.1. The largest absolute Gasteiger partial charge is 0.308 e. The van der Waals surface area contributed by atoms with E-state index in [1.54, 1.807) is 39.9 Å². The van der Waals surface area contributed by atoms with Crippen LogP contribution in [0.4, 0.5) is 9.52 Å². The first-order valence-electron chi connectivity index (χ1n) is 7.83. The molecular formula is C18H14FN5OS. The number of aromatic nitrogens is 4. The number of amides is 1. The molecule has 3 aromatic heterocycles. The Hall–Kier alpha value is -3.26. The maximum absolute atomic E-state index is 13.3. The van der Waals surface area contributed by atoms with Crippen LogP contribution < -0.4 is 5.32 Å². The van der Waals surface area contributed by atoms with E-state index in [9.17, 15) is 9.18 Å². The second-order valence-electron chi connectivity index (χ2n) is 5.55. The highest BCUT2D eigenvalue weighted by molar-refractivity contribution is 7.13. The van der Waals surface area contributed by atoms with Gasteiger partial charge in [-0.1, -0.05) is 0 Å². The van der Waals surface area contributed by atoms with Gasteiger partial charge < -0.3 is 4.57 Å². The Kier molecular flexibility index (Phi) is 4.10. The molecule has 0 saturated heterocycles. The zero-order valence-electron chi connectivity index (χ0n) is 13.8. The van der Waals surface area contributed by atoms with Crippen molar-refractivity contribution in [1.29, 1.82) is 0 Å². The van der Waals surface area contributed by atoms with Gasteiger partial charge in [-0.25, -0.2) is 14.1 Å². The summed E-state index contributed by atoms with van der Waals surface area (Å²) in [4.78, 5) is 17.0. The molecule has 6 nitrogen and oxygen atoms in total. The number of nitrogens with one attached hydrogen (secondary N) is 1. The van der Waals surface area contributed by atoms with Gasteiger partial charge in [0.2, 0.25) is 0 Å². The summed E-state index contributed by atoms with van der Waals surface area (Å²) in [6.07, 6.45) is 5.29. The van der Waals surface area contributed by atoms with Gasteiger partial charge in [-0.15, -0.1) is 11.3 Å². The number of rotatable bonds is 4. The number of nitrogens with zero attached hydrogens (tertiary/aromatic N) is 4. The highest BCUT2D eigenvalue weighted by atomic mass is 32.1. The summed E-state index contributed by atoms with van der Waals surface area (Å²) in [5.41, 5.74) is 1.65.